The summed E-state index contributed by atoms with van der Waals surface area (Å²) in [4.78, 5) is 25.5. The molecule has 7 atom stereocenters. The number of rotatable bonds is 4. The van der Waals surface area contributed by atoms with Crippen LogP contribution in [0.2, 0.25) is 0 Å². The fourth-order valence-corrected chi connectivity index (χ4v) is 5.36. The molecule has 3 N–H and O–H groups in total. The Hall–Kier alpha value is -2.14. The summed E-state index contributed by atoms with van der Waals surface area (Å²) < 4.78 is 0. The van der Waals surface area contributed by atoms with E-state index >= 15 is 0 Å². The molecule has 1 heterocycles. The molecule has 3 rings (SSSR count). The summed E-state index contributed by atoms with van der Waals surface area (Å²) in [7, 11) is 0. The number of aliphatic hydroxyl groups excluding tert-OH is 2. The molecule has 5 heteroatoms. The van der Waals surface area contributed by atoms with Gasteiger partial charge >= 0.3 is 0 Å². The Labute approximate surface area is 173 Å². The van der Waals surface area contributed by atoms with Crippen molar-refractivity contribution < 1.29 is 19.8 Å². The van der Waals surface area contributed by atoms with Gasteiger partial charge in [-0.25, -0.2) is 0 Å². The average Bonchev–Trinajstić information content (AvgIpc) is 2.97. The first kappa shape index (κ1) is 21.6. The van der Waals surface area contributed by atoms with Gasteiger partial charge in [-0.3, -0.25) is 9.59 Å². The maximum Gasteiger partial charge on any atom is 0.259 e. The topological polar surface area (TPSA) is 86.6 Å². The first-order chi connectivity index (χ1) is 13.7. The monoisotopic (exact) mass is 399 g/mol. The summed E-state index contributed by atoms with van der Waals surface area (Å²) >= 11 is 0. The van der Waals surface area contributed by atoms with Crippen molar-refractivity contribution in [2.24, 2.45) is 29.1 Å². The zero-order valence-electron chi connectivity index (χ0n) is 17.8. The lowest BCUT2D eigenvalue weighted by atomic mass is 9.54. The minimum atomic E-state index is -1.01. The highest BCUT2D eigenvalue weighted by molar-refractivity contribution is 6.27. The number of allylic oxidation sites excluding steroid dienone is 7. The molecule has 0 aromatic heterocycles. The average molecular weight is 400 g/mol. The third kappa shape index (κ3) is 3.73. The standard InChI is InChI=1S/C24H33NO4/c1-5-6-7-8-17-11-10-16-13-14(2)9-12-18(16)24(17,4)22(28)19-21(27)20(15(3)26)25-23(19)29/h5-8,10-11,14-18,20,26,28H,9,12-13H2,1-4H3,(H,25,29). The number of aliphatic hydroxyl groups is 2. The third-order valence-corrected chi connectivity index (χ3v) is 7.08. The number of Topliss-reactive ketones (excluding diaryl/α,β-unsaturated/α-hetero) is 1. The predicted octanol–water partition coefficient (Wildman–Crippen LogP) is 3.62. The molecule has 5 nitrogen and oxygen atoms in total. The van der Waals surface area contributed by atoms with Crippen LogP contribution in [0.3, 0.4) is 0 Å². The minimum Gasteiger partial charge on any atom is -0.511 e. The van der Waals surface area contributed by atoms with E-state index in [1.807, 2.05) is 38.2 Å². The van der Waals surface area contributed by atoms with Gasteiger partial charge < -0.3 is 15.5 Å². The van der Waals surface area contributed by atoms with Gasteiger partial charge in [0.25, 0.3) is 5.91 Å². The van der Waals surface area contributed by atoms with Crippen molar-refractivity contribution in [2.45, 2.75) is 59.1 Å². The number of nitrogens with one attached hydrogen (secondary N) is 1. The zero-order chi connectivity index (χ0) is 21.3. The van der Waals surface area contributed by atoms with E-state index in [2.05, 4.69) is 24.4 Å². The van der Waals surface area contributed by atoms with Crippen LogP contribution in [0.15, 0.2) is 47.8 Å². The van der Waals surface area contributed by atoms with Crippen molar-refractivity contribution in [3.8, 4) is 0 Å². The molecule has 0 bridgehead atoms. The van der Waals surface area contributed by atoms with Crippen molar-refractivity contribution in [1.29, 1.82) is 0 Å². The summed E-state index contributed by atoms with van der Waals surface area (Å²) in [5, 5.41) is 23.8. The van der Waals surface area contributed by atoms with Crippen molar-refractivity contribution >= 4 is 11.7 Å². The molecule has 1 aliphatic heterocycles. The number of hydrogen-bond acceptors (Lipinski definition) is 4. The Morgan fingerprint density at radius 3 is 2.62 bits per heavy atom. The molecular formula is C24H33NO4. The fraction of sp³-hybridized carbons (Fsp3) is 0.583. The Balaban J connectivity index is 2.11. The third-order valence-electron chi connectivity index (χ3n) is 7.08. The molecule has 7 unspecified atom stereocenters. The minimum absolute atomic E-state index is 0.132. The van der Waals surface area contributed by atoms with E-state index in [0.29, 0.717) is 11.8 Å². The van der Waals surface area contributed by atoms with E-state index in [1.165, 1.54) is 6.92 Å². The van der Waals surface area contributed by atoms with Crippen molar-refractivity contribution in [1.82, 2.24) is 5.32 Å². The van der Waals surface area contributed by atoms with Gasteiger partial charge in [-0.2, -0.15) is 0 Å². The molecule has 158 valence electrons. The van der Waals surface area contributed by atoms with Gasteiger partial charge in [0, 0.05) is 11.3 Å². The van der Waals surface area contributed by atoms with E-state index in [0.717, 1.165) is 19.3 Å². The lowest BCUT2D eigenvalue weighted by Gasteiger charge is -2.50. The van der Waals surface area contributed by atoms with Crippen LogP contribution in [0.4, 0.5) is 0 Å². The SMILES string of the molecule is CC=CC=CC1C=CC2CC(C)CCC2C1(C)C(O)=C1C(=O)NC(C(C)O)C1=O. The predicted molar refractivity (Wildman–Crippen MR) is 113 cm³/mol. The summed E-state index contributed by atoms with van der Waals surface area (Å²) in [5.74, 6) is -0.306. The highest BCUT2D eigenvalue weighted by atomic mass is 16.3. The lowest BCUT2D eigenvalue weighted by Crippen LogP contribution is -2.45. The van der Waals surface area contributed by atoms with Gasteiger partial charge in [-0.15, -0.1) is 0 Å². The van der Waals surface area contributed by atoms with Crippen LogP contribution >= 0.6 is 0 Å². The van der Waals surface area contributed by atoms with E-state index in [1.54, 1.807) is 0 Å². The van der Waals surface area contributed by atoms with Crippen LogP contribution in [0.5, 0.6) is 0 Å². The van der Waals surface area contributed by atoms with Crippen LogP contribution < -0.4 is 5.32 Å². The molecule has 0 spiro atoms. The van der Waals surface area contributed by atoms with Crippen LogP contribution in [0.25, 0.3) is 0 Å². The van der Waals surface area contributed by atoms with Gasteiger partial charge in [0.1, 0.15) is 17.4 Å². The molecule has 2 aliphatic carbocycles. The second-order valence-electron chi connectivity index (χ2n) is 9.07. The van der Waals surface area contributed by atoms with Crippen molar-refractivity contribution in [2.75, 3.05) is 0 Å². The maximum absolute atomic E-state index is 12.9. The van der Waals surface area contributed by atoms with Crippen LogP contribution in [-0.2, 0) is 9.59 Å². The first-order valence-corrected chi connectivity index (χ1v) is 10.7. The van der Waals surface area contributed by atoms with Gasteiger partial charge in [-0.05, 0) is 44.4 Å². The Morgan fingerprint density at radius 2 is 2.00 bits per heavy atom. The molecule has 1 saturated carbocycles. The summed E-state index contributed by atoms with van der Waals surface area (Å²) in [6, 6.07) is -0.999. The van der Waals surface area contributed by atoms with Gasteiger partial charge in [0.15, 0.2) is 5.78 Å². The Kier molecular flexibility index (Phi) is 6.18. The van der Waals surface area contributed by atoms with Crippen LogP contribution in [-0.4, -0.2) is 34.0 Å². The molecule has 29 heavy (non-hydrogen) atoms. The van der Waals surface area contributed by atoms with Crippen LogP contribution in [0, 0.1) is 29.1 Å². The molecule has 0 radical (unpaired) electrons. The molecule has 3 aliphatic rings. The largest absolute Gasteiger partial charge is 0.511 e. The number of fused-ring (bicyclic) bond motifs is 1. The Bertz CT molecular complexity index is 791. The second-order valence-corrected chi connectivity index (χ2v) is 9.07. The number of carbonyl (C=O) groups is 2. The van der Waals surface area contributed by atoms with Gasteiger partial charge in [0.05, 0.1) is 6.10 Å². The summed E-state index contributed by atoms with van der Waals surface area (Å²) in [6.45, 7) is 7.64. The molecule has 1 amide bonds. The maximum atomic E-state index is 12.9. The van der Waals surface area contributed by atoms with E-state index in [-0.39, 0.29) is 23.2 Å². The van der Waals surface area contributed by atoms with E-state index in [4.69, 9.17) is 0 Å². The fourth-order valence-electron chi connectivity index (χ4n) is 5.36. The van der Waals surface area contributed by atoms with E-state index < -0.39 is 29.3 Å². The van der Waals surface area contributed by atoms with Gasteiger partial charge in [0.2, 0.25) is 0 Å². The summed E-state index contributed by atoms with van der Waals surface area (Å²) in [5.41, 5.74) is -0.941. The molecule has 2 fully saturated rings. The van der Waals surface area contributed by atoms with Crippen LogP contribution in [0.1, 0.15) is 47.0 Å². The molecular weight excluding hydrogens is 366 g/mol. The molecule has 0 aromatic carbocycles. The summed E-state index contributed by atoms with van der Waals surface area (Å²) in [6.07, 6.45) is 14.2. The number of carbonyl (C=O) groups excluding carboxylic acids is 2. The lowest BCUT2D eigenvalue weighted by molar-refractivity contribution is -0.118. The molecule has 1 saturated heterocycles. The highest BCUT2D eigenvalue weighted by Crippen LogP contribution is 2.56. The smallest absolute Gasteiger partial charge is 0.259 e. The highest BCUT2D eigenvalue weighted by Gasteiger charge is 2.53. The number of amides is 1. The molecule has 0 aromatic rings. The normalized spacial score (nSPS) is 40.4. The number of hydrogen-bond donors (Lipinski definition) is 3. The second kappa shape index (κ2) is 8.31. The quantitative estimate of drug-likeness (QED) is 0.222. The first-order valence-electron chi connectivity index (χ1n) is 10.7. The Morgan fingerprint density at radius 1 is 1.28 bits per heavy atom. The number of ketones is 1. The van der Waals surface area contributed by atoms with Gasteiger partial charge in [-0.1, -0.05) is 56.7 Å². The zero-order valence-corrected chi connectivity index (χ0v) is 17.8. The van der Waals surface area contributed by atoms with E-state index in [9.17, 15) is 19.8 Å². The van der Waals surface area contributed by atoms with Crippen molar-refractivity contribution in [3.63, 3.8) is 0 Å². The van der Waals surface area contributed by atoms with Crippen molar-refractivity contribution in [3.05, 3.63) is 47.8 Å².